The molecule has 0 spiro atoms. The normalized spacial score (nSPS) is 14.4. The molecule has 1 aromatic rings. The van der Waals surface area contributed by atoms with E-state index in [1.807, 2.05) is 50.4 Å². The Bertz CT molecular complexity index is 1400. The van der Waals surface area contributed by atoms with Gasteiger partial charge in [0.25, 0.3) is 0 Å². The molecule has 6 atom stereocenters. The van der Waals surface area contributed by atoms with Gasteiger partial charge in [-0.25, -0.2) is 4.79 Å². The number of rotatable bonds is 27. The van der Waals surface area contributed by atoms with Crippen LogP contribution < -0.4 is 49.5 Å². The molecule has 0 fully saturated rings. The number of guanidine groups is 1. The zero-order chi connectivity index (χ0) is 41.5. The number of nitrogens with zero attached hydrogens (tertiary/aromatic N) is 1. The van der Waals surface area contributed by atoms with Crippen molar-refractivity contribution in [1.82, 2.24) is 26.6 Å². The van der Waals surface area contributed by atoms with E-state index in [0.29, 0.717) is 31.6 Å². The number of carbonyl (C=O) groups excluding carboxylic acids is 5. The van der Waals surface area contributed by atoms with Crippen LogP contribution in [0, 0.1) is 11.8 Å². The van der Waals surface area contributed by atoms with Crippen molar-refractivity contribution in [3.05, 3.63) is 35.9 Å². The molecule has 5 amide bonds. The minimum absolute atomic E-state index is 0.0485. The van der Waals surface area contributed by atoms with Gasteiger partial charge >= 0.3 is 5.97 Å². The van der Waals surface area contributed by atoms with E-state index in [1.165, 1.54) is 11.8 Å². The van der Waals surface area contributed by atoms with E-state index < -0.39 is 77.7 Å². The SMILES string of the molecule is CSCC[C@H](NC(=O)[C@H](CC(C)C)NC(=O)[C@@H](NC(=O)[C@H](Cc1ccccc1)NC(=O)[C@@H](N)CCCCN)C(C)C)C(=O)N[C@@H](CCCN=C(N)N)C(=O)O. The summed E-state index contributed by atoms with van der Waals surface area (Å²) in [6.45, 7) is 7.84. The number of carboxylic acid groups (broad SMARTS) is 1. The highest BCUT2D eigenvalue weighted by atomic mass is 32.2. The number of amides is 5. The number of carbonyl (C=O) groups is 6. The maximum atomic E-state index is 13.9. The molecule has 17 nitrogen and oxygen atoms in total. The standard InChI is InChI=1S/C37H64N10O7S/c1-22(2)20-28(33(50)43-26(16-19-55-5)32(49)44-27(36(53)54)15-11-18-42-37(40)41)46-35(52)30(23(3)4)47-34(51)29(21-24-12-7-6-8-13-24)45-31(48)25(39)14-9-10-17-38/h6-8,12-13,22-23,25-30H,9-11,14-21,38-39H2,1-5H3,(H,43,50)(H,44,49)(H,45,48)(H,46,52)(H,47,51)(H,53,54)(H4,40,41,42)/t25-,26-,27-,28-,29-,30-/m0/s1. The molecule has 0 aromatic heterocycles. The Morgan fingerprint density at radius 3 is 1.87 bits per heavy atom. The third-order valence-corrected chi connectivity index (χ3v) is 9.26. The lowest BCUT2D eigenvalue weighted by atomic mass is 9.98. The number of thioether (sulfide) groups is 1. The third kappa shape index (κ3) is 19.6. The fraction of sp³-hybridized carbons (Fsp3) is 0.649. The summed E-state index contributed by atoms with van der Waals surface area (Å²) in [5.41, 5.74) is 23.1. The van der Waals surface area contributed by atoms with E-state index in [9.17, 15) is 33.9 Å². The zero-order valence-electron chi connectivity index (χ0n) is 32.8. The Kier molecular flexibility index (Phi) is 23.3. The smallest absolute Gasteiger partial charge is 0.326 e. The van der Waals surface area contributed by atoms with E-state index in [-0.39, 0.29) is 50.5 Å². The summed E-state index contributed by atoms with van der Waals surface area (Å²) in [6, 6.07) is 2.62. The van der Waals surface area contributed by atoms with Crippen LogP contribution in [0.3, 0.4) is 0 Å². The van der Waals surface area contributed by atoms with Gasteiger partial charge in [0.15, 0.2) is 5.96 Å². The van der Waals surface area contributed by atoms with Gasteiger partial charge in [0, 0.05) is 13.0 Å². The van der Waals surface area contributed by atoms with Gasteiger partial charge in [-0.2, -0.15) is 11.8 Å². The molecule has 0 unspecified atom stereocenters. The Labute approximate surface area is 329 Å². The number of unbranched alkanes of at least 4 members (excludes halogenated alkanes) is 1. The van der Waals surface area contributed by atoms with Crippen LogP contribution in [-0.4, -0.2) is 108 Å². The summed E-state index contributed by atoms with van der Waals surface area (Å²) in [5.74, 6) is -4.49. The van der Waals surface area contributed by atoms with Crippen molar-refractivity contribution < 1.29 is 33.9 Å². The minimum atomic E-state index is -1.25. The van der Waals surface area contributed by atoms with Gasteiger partial charge in [-0.3, -0.25) is 29.0 Å². The molecule has 0 heterocycles. The van der Waals surface area contributed by atoms with Crippen molar-refractivity contribution in [2.24, 2.45) is 39.8 Å². The lowest BCUT2D eigenvalue weighted by Gasteiger charge is -2.29. The number of carboxylic acids is 1. The van der Waals surface area contributed by atoms with Crippen LogP contribution in [0.5, 0.6) is 0 Å². The first kappa shape index (κ1) is 48.6. The largest absolute Gasteiger partial charge is 0.480 e. The van der Waals surface area contributed by atoms with Crippen molar-refractivity contribution in [2.45, 2.75) is 115 Å². The van der Waals surface area contributed by atoms with Crippen molar-refractivity contribution in [3.8, 4) is 0 Å². The molecule has 1 rings (SSSR count). The van der Waals surface area contributed by atoms with Crippen LogP contribution in [0.25, 0.3) is 0 Å². The third-order valence-electron chi connectivity index (χ3n) is 8.61. The molecule has 0 saturated heterocycles. The Morgan fingerprint density at radius 2 is 1.31 bits per heavy atom. The number of nitrogens with two attached hydrogens (primary N) is 4. The van der Waals surface area contributed by atoms with Gasteiger partial charge in [-0.1, -0.05) is 64.4 Å². The van der Waals surface area contributed by atoms with Gasteiger partial charge in [0.2, 0.25) is 29.5 Å². The van der Waals surface area contributed by atoms with E-state index in [4.69, 9.17) is 22.9 Å². The number of hydrogen-bond acceptors (Lipinski definition) is 10. The van der Waals surface area contributed by atoms with Crippen LogP contribution in [0.1, 0.15) is 78.2 Å². The van der Waals surface area contributed by atoms with Crippen molar-refractivity contribution in [3.63, 3.8) is 0 Å². The number of aliphatic carboxylic acids is 1. The molecular formula is C37H64N10O7S. The van der Waals surface area contributed by atoms with Gasteiger partial charge in [-0.15, -0.1) is 0 Å². The van der Waals surface area contributed by atoms with Crippen LogP contribution in [0.15, 0.2) is 35.3 Å². The van der Waals surface area contributed by atoms with E-state index in [0.717, 1.165) is 5.56 Å². The lowest BCUT2D eigenvalue weighted by Crippen LogP contribution is -2.60. The summed E-state index contributed by atoms with van der Waals surface area (Å²) in [6.07, 6.45) is 4.43. The molecule has 0 aliphatic rings. The van der Waals surface area contributed by atoms with Gasteiger partial charge in [-0.05, 0) is 74.5 Å². The average Bonchev–Trinajstić information content (AvgIpc) is 3.12. The maximum Gasteiger partial charge on any atom is 0.326 e. The molecule has 0 aliphatic heterocycles. The Hall–Kier alpha value is -4.42. The molecular weight excluding hydrogens is 729 g/mol. The minimum Gasteiger partial charge on any atom is -0.480 e. The zero-order valence-corrected chi connectivity index (χ0v) is 33.7. The highest BCUT2D eigenvalue weighted by molar-refractivity contribution is 7.98. The summed E-state index contributed by atoms with van der Waals surface area (Å²) >= 11 is 1.44. The number of benzene rings is 1. The molecule has 0 radical (unpaired) electrons. The number of aliphatic imine (C=N–C) groups is 1. The monoisotopic (exact) mass is 792 g/mol. The van der Waals surface area contributed by atoms with Gasteiger partial charge in [0.05, 0.1) is 6.04 Å². The topological polar surface area (TPSA) is 299 Å². The van der Waals surface area contributed by atoms with E-state index in [2.05, 4.69) is 31.6 Å². The molecule has 0 bridgehead atoms. The van der Waals surface area contributed by atoms with Crippen molar-refractivity contribution in [1.29, 1.82) is 0 Å². The first-order valence-corrected chi connectivity index (χ1v) is 20.2. The van der Waals surface area contributed by atoms with E-state index >= 15 is 0 Å². The summed E-state index contributed by atoms with van der Waals surface area (Å²) < 4.78 is 0. The Balaban J connectivity index is 3.21. The second-order valence-corrected chi connectivity index (χ2v) is 15.2. The Morgan fingerprint density at radius 1 is 0.727 bits per heavy atom. The highest BCUT2D eigenvalue weighted by Crippen LogP contribution is 2.12. The summed E-state index contributed by atoms with van der Waals surface area (Å²) in [5, 5.41) is 23.2. The first-order chi connectivity index (χ1) is 26.0. The number of nitrogens with one attached hydrogen (secondary N) is 5. The van der Waals surface area contributed by atoms with Crippen LogP contribution in [-0.2, 0) is 35.2 Å². The molecule has 310 valence electrons. The second kappa shape index (κ2) is 26.4. The molecule has 1 aromatic carbocycles. The summed E-state index contributed by atoms with van der Waals surface area (Å²) in [4.78, 5) is 83.6. The molecule has 0 saturated carbocycles. The van der Waals surface area contributed by atoms with Crippen molar-refractivity contribution >= 4 is 53.2 Å². The van der Waals surface area contributed by atoms with Crippen molar-refractivity contribution in [2.75, 3.05) is 25.1 Å². The molecule has 55 heavy (non-hydrogen) atoms. The molecule has 0 aliphatic carbocycles. The molecule has 14 N–H and O–H groups in total. The summed E-state index contributed by atoms with van der Waals surface area (Å²) in [7, 11) is 0. The van der Waals surface area contributed by atoms with Crippen LogP contribution >= 0.6 is 11.8 Å². The number of hydrogen-bond donors (Lipinski definition) is 10. The van der Waals surface area contributed by atoms with Crippen LogP contribution in [0.2, 0.25) is 0 Å². The van der Waals surface area contributed by atoms with Gasteiger partial charge < -0.3 is 54.6 Å². The predicted octanol–water partition coefficient (Wildman–Crippen LogP) is -0.297. The predicted molar refractivity (Wildman–Crippen MR) is 216 cm³/mol. The highest BCUT2D eigenvalue weighted by Gasteiger charge is 2.34. The van der Waals surface area contributed by atoms with E-state index in [1.54, 1.807) is 13.8 Å². The fourth-order valence-corrected chi connectivity index (χ4v) is 6.01. The molecule has 18 heteroatoms. The fourth-order valence-electron chi connectivity index (χ4n) is 5.54. The average molecular weight is 793 g/mol. The maximum absolute atomic E-state index is 13.9. The van der Waals surface area contributed by atoms with Gasteiger partial charge in [0.1, 0.15) is 30.2 Å². The first-order valence-electron chi connectivity index (χ1n) is 18.8. The lowest BCUT2D eigenvalue weighted by molar-refractivity contribution is -0.142. The second-order valence-electron chi connectivity index (χ2n) is 14.3. The van der Waals surface area contributed by atoms with Crippen LogP contribution in [0.4, 0.5) is 0 Å². The quantitative estimate of drug-likeness (QED) is 0.0312.